The van der Waals surface area contributed by atoms with Crippen molar-refractivity contribution in [1.29, 1.82) is 0 Å². The average Bonchev–Trinajstić information content (AvgIpc) is 2.64. The van der Waals surface area contributed by atoms with Crippen molar-refractivity contribution in [2.75, 3.05) is 43.1 Å². The van der Waals surface area contributed by atoms with E-state index < -0.39 is 0 Å². The molecule has 1 saturated heterocycles. The maximum Gasteiger partial charge on any atom is 0.319 e. The Hall–Kier alpha value is -2.60. The summed E-state index contributed by atoms with van der Waals surface area (Å²) in [6.07, 6.45) is 2.54. The van der Waals surface area contributed by atoms with Gasteiger partial charge in [0.15, 0.2) is 5.82 Å². The quantitative estimate of drug-likeness (QED) is 0.885. The molecule has 3 rings (SSSR count). The first-order chi connectivity index (χ1) is 11.8. The van der Waals surface area contributed by atoms with Gasteiger partial charge < -0.3 is 20.3 Å². The monoisotopic (exact) mass is 326 g/mol. The third-order valence-electron chi connectivity index (χ3n) is 3.89. The number of amides is 2. The number of carbonyl (C=O) groups excluding carboxylic acids is 1. The van der Waals surface area contributed by atoms with E-state index in [4.69, 9.17) is 4.74 Å². The molecule has 24 heavy (non-hydrogen) atoms. The van der Waals surface area contributed by atoms with Gasteiger partial charge in [-0.3, -0.25) is 0 Å². The number of pyridine rings is 1. The van der Waals surface area contributed by atoms with E-state index in [1.54, 1.807) is 6.20 Å². The predicted molar refractivity (Wildman–Crippen MR) is 94.4 cm³/mol. The van der Waals surface area contributed by atoms with Crippen molar-refractivity contribution in [3.63, 3.8) is 0 Å². The van der Waals surface area contributed by atoms with Crippen molar-refractivity contribution >= 4 is 17.5 Å². The van der Waals surface area contributed by atoms with E-state index >= 15 is 0 Å². The largest absolute Gasteiger partial charge is 0.378 e. The number of ether oxygens (including phenoxy) is 1. The number of nitrogens with zero attached hydrogens (tertiary/aromatic N) is 2. The molecular formula is C18H22N4O2. The highest BCUT2D eigenvalue weighted by atomic mass is 16.5. The summed E-state index contributed by atoms with van der Waals surface area (Å²) >= 11 is 0. The van der Waals surface area contributed by atoms with Gasteiger partial charge in [0.25, 0.3) is 0 Å². The third-order valence-corrected chi connectivity index (χ3v) is 3.89. The minimum Gasteiger partial charge on any atom is -0.378 e. The highest BCUT2D eigenvalue weighted by Gasteiger charge is 2.16. The van der Waals surface area contributed by atoms with Gasteiger partial charge in [0.05, 0.1) is 18.9 Å². The molecule has 2 heterocycles. The first kappa shape index (κ1) is 16.3. The smallest absolute Gasteiger partial charge is 0.319 e. The Morgan fingerprint density at radius 3 is 2.71 bits per heavy atom. The standard InChI is InChI=1S/C18H22N4O2/c23-18(20-10-8-15-5-2-1-3-6-15)21-16-7-4-9-19-17(16)22-11-13-24-14-12-22/h1-7,9H,8,10-14H2,(H2,20,21,23). The average molecular weight is 326 g/mol. The molecule has 1 aromatic carbocycles. The van der Waals surface area contributed by atoms with E-state index in [-0.39, 0.29) is 6.03 Å². The van der Waals surface area contributed by atoms with E-state index in [0.29, 0.717) is 19.8 Å². The van der Waals surface area contributed by atoms with Crippen LogP contribution >= 0.6 is 0 Å². The van der Waals surface area contributed by atoms with Crippen LogP contribution in [0.15, 0.2) is 48.7 Å². The number of carbonyl (C=O) groups is 1. The number of hydrogen-bond acceptors (Lipinski definition) is 4. The summed E-state index contributed by atoms with van der Waals surface area (Å²) in [6, 6.07) is 13.6. The Morgan fingerprint density at radius 1 is 1.12 bits per heavy atom. The van der Waals surface area contributed by atoms with Crippen molar-refractivity contribution in [2.45, 2.75) is 6.42 Å². The van der Waals surface area contributed by atoms with Gasteiger partial charge >= 0.3 is 6.03 Å². The zero-order chi connectivity index (χ0) is 16.6. The number of anilines is 2. The van der Waals surface area contributed by atoms with Gasteiger partial charge in [-0.25, -0.2) is 9.78 Å². The fraction of sp³-hybridized carbons (Fsp3) is 0.333. The molecule has 0 unspecified atom stereocenters. The second-order valence-corrected chi connectivity index (χ2v) is 5.59. The number of urea groups is 1. The van der Waals surface area contributed by atoms with E-state index in [1.807, 2.05) is 30.3 Å². The zero-order valence-corrected chi connectivity index (χ0v) is 13.6. The van der Waals surface area contributed by atoms with E-state index in [0.717, 1.165) is 31.0 Å². The molecule has 0 saturated carbocycles. The maximum absolute atomic E-state index is 12.1. The number of aromatic nitrogens is 1. The molecule has 0 bridgehead atoms. The van der Waals surface area contributed by atoms with E-state index in [1.165, 1.54) is 5.56 Å². The van der Waals surface area contributed by atoms with Crippen LogP contribution in [0.5, 0.6) is 0 Å². The van der Waals surface area contributed by atoms with Crippen LogP contribution in [0.3, 0.4) is 0 Å². The van der Waals surface area contributed by atoms with Crippen LogP contribution in [-0.4, -0.2) is 43.9 Å². The van der Waals surface area contributed by atoms with Crippen LogP contribution in [0, 0.1) is 0 Å². The fourth-order valence-electron chi connectivity index (χ4n) is 2.65. The molecule has 0 aliphatic carbocycles. The van der Waals surface area contributed by atoms with Gasteiger partial charge in [0.1, 0.15) is 0 Å². The summed E-state index contributed by atoms with van der Waals surface area (Å²) < 4.78 is 5.37. The maximum atomic E-state index is 12.1. The van der Waals surface area contributed by atoms with Crippen LogP contribution in [0.4, 0.5) is 16.3 Å². The molecule has 6 nitrogen and oxygen atoms in total. The molecule has 6 heteroatoms. The minimum atomic E-state index is -0.214. The predicted octanol–water partition coefficient (Wildman–Crippen LogP) is 2.28. The van der Waals surface area contributed by atoms with Crippen LogP contribution in [0.1, 0.15) is 5.56 Å². The third kappa shape index (κ3) is 4.45. The number of morpholine rings is 1. The summed E-state index contributed by atoms with van der Waals surface area (Å²) in [7, 11) is 0. The first-order valence-electron chi connectivity index (χ1n) is 8.19. The highest BCUT2D eigenvalue weighted by molar-refractivity contribution is 5.92. The van der Waals surface area contributed by atoms with Gasteiger partial charge in [-0.05, 0) is 24.1 Å². The second kappa shape index (κ2) is 8.31. The molecule has 0 spiro atoms. The lowest BCUT2D eigenvalue weighted by atomic mass is 10.1. The molecule has 0 radical (unpaired) electrons. The number of rotatable bonds is 5. The Bertz CT molecular complexity index is 657. The summed E-state index contributed by atoms with van der Waals surface area (Å²) in [5.41, 5.74) is 1.92. The van der Waals surface area contributed by atoms with E-state index in [2.05, 4.69) is 32.7 Å². The van der Waals surface area contributed by atoms with Crippen molar-refractivity contribution < 1.29 is 9.53 Å². The first-order valence-corrected chi connectivity index (χ1v) is 8.19. The van der Waals surface area contributed by atoms with Gasteiger partial charge in [-0.1, -0.05) is 30.3 Å². The second-order valence-electron chi connectivity index (χ2n) is 5.59. The van der Waals surface area contributed by atoms with Crippen molar-refractivity contribution in [3.05, 3.63) is 54.2 Å². The van der Waals surface area contributed by atoms with Gasteiger partial charge in [0, 0.05) is 25.8 Å². The Labute approximate surface area is 141 Å². The molecule has 2 aromatic rings. The SMILES string of the molecule is O=C(NCCc1ccccc1)Nc1cccnc1N1CCOCC1. The summed E-state index contributed by atoms with van der Waals surface area (Å²) in [5, 5.41) is 5.79. The molecular weight excluding hydrogens is 304 g/mol. The number of benzene rings is 1. The van der Waals surface area contributed by atoms with Crippen LogP contribution in [0.25, 0.3) is 0 Å². The summed E-state index contributed by atoms with van der Waals surface area (Å²) in [4.78, 5) is 18.7. The van der Waals surface area contributed by atoms with E-state index in [9.17, 15) is 4.79 Å². The lowest BCUT2D eigenvalue weighted by Crippen LogP contribution is -2.38. The fourth-order valence-corrected chi connectivity index (χ4v) is 2.65. The normalized spacial score (nSPS) is 14.2. The van der Waals surface area contributed by atoms with Crippen molar-refractivity contribution in [3.8, 4) is 0 Å². The van der Waals surface area contributed by atoms with Gasteiger partial charge in [-0.2, -0.15) is 0 Å². The zero-order valence-electron chi connectivity index (χ0n) is 13.6. The van der Waals surface area contributed by atoms with Gasteiger partial charge in [0.2, 0.25) is 0 Å². The molecule has 1 aliphatic rings. The molecule has 1 aliphatic heterocycles. The Morgan fingerprint density at radius 2 is 1.92 bits per heavy atom. The van der Waals surface area contributed by atoms with Crippen LogP contribution < -0.4 is 15.5 Å². The molecule has 2 N–H and O–H groups in total. The summed E-state index contributed by atoms with van der Waals surface area (Å²) in [5.74, 6) is 0.791. The number of hydrogen-bond donors (Lipinski definition) is 2. The number of nitrogens with one attached hydrogen (secondary N) is 2. The lowest BCUT2D eigenvalue weighted by molar-refractivity contribution is 0.122. The molecule has 1 fully saturated rings. The van der Waals surface area contributed by atoms with Gasteiger partial charge in [-0.15, -0.1) is 0 Å². The lowest BCUT2D eigenvalue weighted by Gasteiger charge is -2.29. The Balaban J connectivity index is 1.54. The minimum absolute atomic E-state index is 0.214. The molecule has 126 valence electrons. The molecule has 1 aromatic heterocycles. The Kier molecular flexibility index (Phi) is 5.63. The van der Waals surface area contributed by atoms with Crippen LogP contribution in [-0.2, 0) is 11.2 Å². The molecule has 0 atom stereocenters. The van der Waals surface area contributed by atoms with Crippen LogP contribution in [0.2, 0.25) is 0 Å². The highest BCUT2D eigenvalue weighted by Crippen LogP contribution is 2.23. The van der Waals surface area contributed by atoms with Crippen molar-refractivity contribution in [2.24, 2.45) is 0 Å². The molecule has 2 amide bonds. The van der Waals surface area contributed by atoms with Crippen molar-refractivity contribution in [1.82, 2.24) is 10.3 Å². The summed E-state index contributed by atoms with van der Waals surface area (Å²) in [6.45, 7) is 3.50. The topological polar surface area (TPSA) is 66.5 Å².